The van der Waals surface area contributed by atoms with Gasteiger partial charge in [0.2, 0.25) is 0 Å². The average Bonchev–Trinajstić information content (AvgIpc) is 2.29. The van der Waals surface area contributed by atoms with Crippen LogP contribution in [0.2, 0.25) is 5.15 Å². The fourth-order valence-corrected chi connectivity index (χ4v) is 1.93. The van der Waals surface area contributed by atoms with Gasteiger partial charge in [0, 0.05) is 0 Å². The quantitative estimate of drug-likeness (QED) is 0.900. The number of rotatable bonds is 3. The van der Waals surface area contributed by atoms with Gasteiger partial charge in [-0.25, -0.2) is 4.98 Å². The van der Waals surface area contributed by atoms with Crippen LogP contribution in [-0.2, 0) is 0 Å². The molecule has 0 bridgehead atoms. The van der Waals surface area contributed by atoms with E-state index in [1.54, 1.807) is 6.20 Å². The zero-order valence-corrected chi connectivity index (χ0v) is 10.6. The smallest absolute Gasteiger partial charge is 0.149 e. The van der Waals surface area contributed by atoms with Gasteiger partial charge in [-0.1, -0.05) is 35.9 Å². The molecule has 0 saturated heterocycles. The molecule has 0 aliphatic heterocycles. The maximum Gasteiger partial charge on any atom is 0.149 e. The number of hydrogen-bond donors (Lipinski definition) is 1. The van der Waals surface area contributed by atoms with Crippen molar-refractivity contribution in [1.29, 1.82) is 0 Å². The van der Waals surface area contributed by atoms with Crippen LogP contribution < -0.4 is 5.32 Å². The molecule has 2 aromatic rings. The van der Waals surface area contributed by atoms with Crippen LogP contribution in [0.3, 0.4) is 0 Å². The first-order valence-electron chi connectivity index (χ1n) is 5.46. The number of nitrogens with one attached hydrogen (secondary N) is 1. The highest BCUT2D eigenvalue weighted by atomic mass is 35.5. The number of nitrogens with zero attached hydrogens (tertiary/aromatic N) is 2. The molecule has 3 nitrogen and oxygen atoms in total. The Morgan fingerprint density at radius 3 is 2.71 bits per heavy atom. The first-order chi connectivity index (χ1) is 8.16. The van der Waals surface area contributed by atoms with E-state index >= 15 is 0 Å². The standard InChI is InChI=1S/C13H14ClN3/c1-9-5-3-4-6-11(9)10(2)16-13-8-15-7-12(14)17-13/h3-8,10H,1-2H3,(H,16,17). The van der Waals surface area contributed by atoms with Gasteiger partial charge in [-0.05, 0) is 25.0 Å². The van der Waals surface area contributed by atoms with E-state index in [0.29, 0.717) is 11.0 Å². The van der Waals surface area contributed by atoms with Crippen molar-refractivity contribution >= 4 is 17.4 Å². The molecule has 0 aliphatic rings. The summed E-state index contributed by atoms with van der Waals surface area (Å²) in [4.78, 5) is 8.16. The van der Waals surface area contributed by atoms with Crippen molar-refractivity contribution in [3.8, 4) is 0 Å². The summed E-state index contributed by atoms with van der Waals surface area (Å²) in [7, 11) is 0. The molecule has 0 fully saturated rings. The number of benzene rings is 1. The van der Waals surface area contributed by atoms with Gasteiger partial charge in [-0.3, -0.25) is 4.98 Å². The van der Waals surface area contributed by atoms with Crippen LogP contribution in [-0.4, -0.2) is 9.97 Å². The van der Waals surface area contributed by atoms with Gasteiger partial charge in [0.05, 0.1) is 18.4 Å². The van der Waals surface area contributed by atoms with Gasteiger partial charge < -0.3 is 5.32 Å². The van der Waals surface area contributed by atoms with Crippen molar-refractivity contribution in [2.45, 2.75) is 19.9 Å². The lowest BCUT2D eigenvalue weighted by atomic mass is 10.0. The lowest BCUT2D eigenvalue weighted by Crippen LogP contribution is -2.09. The highest BCUT2D eigenvalue weighted by Crippen LogP contribution is 2.20. The summed E-state index contributed by atoms with van der Waals surface area (Å²) in [5.41, 5.74) is 2.50. The normalized spacial score (nSPS) is 12.2. The minimum Gasteiger partial charge on any atom is -0.362 e. The van der Waals surface area contributed by atoms with Crippen molar-refractivity contribution in [2.75, 3.05) is 5.32 Å². The summed E-state index contributed by atoms with van der Waals surface area (Å²) in [6.07, 6.45) is 3.19. The molecule has 1 atom stereocenters. The zero-order valence-electron chi connectivity index (χ0n) is 9.81. The largest absolute Gasteiger partial charge is 0.362 e. The number of anilines is 1. The Kier molecular flexibility index (Phi) is 3.59. The predicted octanol–water partition coefficient (Wildman–Crippen LogP) is 3.61. The van der Waals surface area contributed by atoms with Crippen LogP contribution in [0.5, 0.6) is 0 Å². The van der Waals surface area contributed by atoms with E-state index in [9.17, 15) is 0 Å². The fraction of sp³-hybridized carbons (Fsp3) is 0.231. The van der Waals surface area contributed by atoms with Crippen LogP contribution >= 0.6 is 11.6 Å². The molecule has 0 radical (unpaired) electrons. The monoisotopic (exact) mass is 247 g/mol. The molecule has 88 valence electrons. The van der Waals surface area contributed by atoms with Gasteiger partial charge in [0.15, 0.2) is 0 Å². The van der Waals surface area contributed by atoms with Gasteiger partial charge >= 0.3 is 0 Å². The molecule has 0 aliphatic carbocycles. The van der Waals surface area contributed by atoms with Crippen molar-refractivity contribution in [3.05, 3.63) is 52.9 Å². The van der Waals surface area contributed by atoms with E-state index < -0.39 is 0 Å². The Morgan fingerprint density at radius 1 is 1.24 bits per heavy atom. The Bertz CT molecular complexity index is 514. The van der Waals surface area contributed by atoms with E-state index in [4.69, 9.17) is 11.6 Å². The molecule has 1 unspecified atom stereocenters. The highest BCUT2D eigenvalue weighted by Gasteiger charge is 2.08. The molecule has 0 amide bonds. The average molecular weight is 248 g/mol. The van der Waals surface area contributed by atoms with E-state index in [2.05, 4.69) is 41.3 Å². The molecule has 1 N–H and O–H groups in total. The van der Waals surface area contributed by atoms with E-state index in [0.717, 1.165) is 0 Å². The molecule has 1 aromatic heterocycles. The molecule has 1 heterocycles. The Hall–Kier alpha value is -1.61. The summed E-state index contributed by atoms with van der Waals surface area (Å²) in [5.74, 6) is 0.688. The minimum absolute atomic E-state index is 0.170. The summed E-state index contributed by atoms with van der Waals surface area (Å²) in [5, 5.41) is 3.68. The topological polar surface area (TPSA) is 37.8 Å². The van der Waals surface area contributed by atoms with E-state index in [-0.39, 0.29) is 6.04 Å². The van der Waals surface area contributed by atoms with Gasteiger partial charge in [-0.15, -0.1) is 0 Å². The maximum absolute atomic E-state index is 5.79. The van der Waals surface area contributed by atoms with Crippen LogP contribution in [0.15, 0.2) is 36.7 Å². The van der Waals surface area contributed by atoms with Crippen LogP contribution in [0.1, 0.15) is 24.1 Å². The first kappa shape index (κ1) is 11.9. The molecule has 2 rings (SSSR count). The zero-order chi connectivity index (χ0) is 12.3. The van der Waals surface area contributed by atoms with Gasteiger partial charge in [0.25, 0.3) is 0 Å². The third kappa shape index (κ3) is 2.94. The SMILES string of the molecule is Cc1ccccc1C(C)Nc1cncc(Cl)n1. The molecule has 0 saturated carbocycles. The van der Waals surface area contributed by atoms with E-state index in [1.165, 1.54) is 17.3 Å². The second kappa shape index (κ2) is 5.15. The Balaban J connectivity index is 2.17. The fourth-order valence-electron chi connectivity index (χ4n) is 1.78. The van der Waals surface area contributed by atoms with E-state index in [1.807, 2.05) is 12.1 Å². The van der Waals surface area contributed by atoms with Crippen LogP contribution in [0.4, 0.5) is 5.82 Å². The van der Waals surface area contributed by atoms with Gasteiger partial charge in [-0.2, -0.15) is 0 Å². The lowest BCUT2D eigenvalue weighted by molar-refractivity contribution is 0.862. The minimum atomic E-state index is 0.170. The van der Waals surface area contributed by atoms with Crippen LogP contribution in [0.25, 0.3) is 0 Å². The third-order valence-electron chi connectivity index (χ3n) is 2.62. The van der Waals surface area contributed by atoms with Crippen LogP contribution in [0, 0.1) is 6.92 Å². The van der Waals surface area contributed by atoms with Crippen molar-refractivity contribution in [2.24, 2.45) is 0 Å². The van der Waals surface area contributed by atoms with Crippen molar-refractivity contribution < 1.29 is 0 Å². The molecule has 1 aromatic carbocycles. The van der Waals surface area contributed by atoms with Gasteiger partial charge in [0.1, 0.15) is 11.0 Å². The molecule has 4 heteroatoms. The summed E-state index contributed by atoms with van der Waals surface area (Å²) >= 11 is 5.79. The second-order valence-corrected chi connectivity index (χ2v) is 4.34. The Labute approximate surface area is 106 Å². The molecular weight excluding hydrogens is 234 g/mol. The molecule has 0 spiro atoms. The number of aryl methyl sites for hydroxylation is 1. The second-order valence-electron chi connectivity index (χ2n) is 3.95. The third-order valence-corrected chi connectivity index (χ3v) is 2.81. The number of hydrogen-bond acceptors (Lipinski definition) is 3. The number of aromatic nitrogens is 2. The highest BCUT2D eigenvalue weighted by molar-refractivity contribution is 6.29. The first-order valence-corrected chi connectivity index (χ1v) is 5.84. The lowest BCUT2D eigenvalue weighted by Gasteiger charge is -2.16. The van der Waals surface area contributed by atoms with Crippen molar-refractivity contribution in [1.82, 2.24) is 9.97 Å². The maximum atomic E-state index is 5.79. The molecular formula is C13H14ClN3. The molecule has 17 heavy (non-hydrogen) atoms. The Morgan fingerprint density at radius 2 is 2.00 bits per heavy atom. The summed E-state index contributed by atoms with van der Waals surface area (Å²) < 4.78 is 0. The number of halogens is 1. The summed E-state index contributed by atoms with van der Waals surface area (Å²) in [6, 6.07) is 8.43. The summed E-state index contributed by atoms with van der Waals surface area (Å²) in [6.45, 7) is 4.18. The predicted molar refractivity (Wildman–Crippen MR) is 70.3 cm³/mol. The van der Waals surface area contributed by atoms with Crippen molar-refractivity contribution in [3.63, 3.8) is 0 Å².